The summed E-state index contributed by atoms with van der Waals surface area (Å²) in [5, 5.41) is 18.4. The van der Waals surface area contributed by atoms with E-state index < -0.39 is 17.4 Å². The minimum atomic E-state index is -1.51. The van der Waals surface area contributed by atoms with Crippen molar-refractivity contribution in [3.05, 3.63) is 53.3 Å². The highest BCUT2D eigenvalue weighted by molar-refractivity contribution is 5.96. The molecule has 1 amide bonds. The van der Waals surface area contributed by atoms with Crippen LogP contribution in [0.1, 0.15) is 28.7 Å². The minimum Gasteiger partial charge on any atom is -0.479 e. The number of aromatic nitrogens is 2. The number of hydrogen-bond acceptors (Lipinski definition) is 3. The second-order valence-corrected chi connectivity index (χ2v) is 4.69. The molecule has 1 unspecified atom stereocenters. The van der Waals surface area contributed by atoms with Crippen LogP contribution in [0, 0.1) is 6.92 Å². The third-order valence-electron chi connectivity index (χ3n) is 3.08. The fourth-order valence-corrected chi connectivity index (χ4v) is 1.85. The molecule has 0 bridgehead atoms. The number of aliphatic carboxylic acids is 1. The van der Waals surface area contributed by atoms with Crippen molar-refractivity contribution < 1.29 is 14.7 Å². The van der Waals surface area contributed by atoms with E-state index in [0.717, 1.165) is 5.69 Å². The van der Waals surface area contributed by atoms with Gasteiger partial charge in [-0.1, -0.05) is 30.3 Å². The number of H-pyrrole nitrogens is 1. The van der Waals surface area contributed by atoms with Crippen LogP contribution < -0.4 is 5.32 Å². The van der Waals surface area contributed by atoms with Crippen LogP contribution in [0.5, 0.6) is 0 Å². The number of nitrogens with zero attached hydrogens (tertiary/aromatic N) is 1. The Balaban J connectivity index is 2.31. The van der Waals surface area contributed by atoms with Crippen molar-refractivity contribution >= 4 is 11.9 Å². The average Bonchev–Trinajstić information content (AvgIpc) is 2.86. The maximum Gasteiger partial charge on any atom is 0.333 e. The molecule has 104 valence electrons. The molecule has 2 rings (SSSR count). The number of carbonyl (C=O) groups is 2. The molecular weight excluding hydrogens is 258 g/mol. The summed E-state index contributed by atoms with van der Waals surface area (Å²) in [6, 6.07) is 10.1. The summed E-state index contributed by atoms with van der Waals surface area (Å²) in [7, 11) is 0. The second kappa shape index (κ2) is 5.16. The smallest absolute Gasteiger partial charge is 0.333 e. The van der Waals surface area contributed by atoms with Gasteiger partial charge in [-0.2, -0.15) is 5.10 Å². The Morgan fingerprint density at radius 2 is 1.95 bits per heavy atom. The SMILES string of the molecule is Cc1cc(C(=O)NC(C)(C(=O)O)c2ccccc2)n[nH]1. The Morgan fingerprint density at radius 3 is 2.45 bits per heavy atom. The van der Waals surface area contributed by atoms with Gasteiger partial charge in [-0.15, -0.1) is 0 Å². The van der Waals surface area contributed by atoms with Crippen LogP contribution in [-0.4, -0.2) is 27.2 Å². The fraction of sp³-hybridized carbons (Fsp3) is 0.214. The van der Waals surface area contributed by atoms with Gasteiger partial charge >= 0.3 is 5.97 Å². The molecule has 2 aromatic rings. The molecular formula is C14H15N3O3. The lowest BCUT2D eigenvalue weighted by atomic mass is 9.92. The van der Waals surface area contributed by atoms with Crippen molar-refractivity contribution in [1.29, 1.82) is 0 Å². The van der Waals surface area contributed by atoms with E-state index in [4.69, 9.17) is 0 Å². The topological polar surface area (TPSA) is 95.1 Å². The van der Waals surface area contributed by atoms with Gasteiger partial charge in [-0.25, -0.2) is 4.79 Å². The molecule has 0 aliphatic rings. The molecule has 6 nitrogen and oxygen atoms in total. The number of carboxylic acids is 1. The van der Waals surface area contributed by atoms with E-state index in [2.05, 4.69) is 15.5 Å². The highest BCUT2D eigenvalue weighted by atomic mass is 16.4. The first-order valence-electron chi connectivity index (χ1n) is 6.07. The largest absolute Gasteiger partial charge is 0.479 e. The average molecular weight is 273 g/mol. The summed E-state index contributed by atoms with van der Waals surface area (Å²) in [4.78, 5) is 23.6. The van der Waals surface area contributed by atoms with Gasteiger partial charge in [0.2, 0.25) is 0 Å². The first kappa shape index (κ1) is 13.8. The summed E-state index contributed by atoms with van der Waals surface area (Å²) < 4.78 is 0. The number of aromatic amines is 1. The van der Waals surface area contributed by atoms with Crippen LogP contribution in [0.15, 0.2) is 36.4 Å². The first-order chi connectivity index (χ1) is 9.43. The third-order valence-corrected chi connectivity index (χ3v) is 3.08. The molecule has 6 heteroatoms. The maximum atomic E-state index is 12.1. The fourth-order valence-electron chi connectivity index (χ4n) is 1.85. The monoisotopic (exact) mass is 273 g/mol. The lowest BCUT2D eigenvalue weighted by molar-refractivity contribution is -0.144. The van der Waals surface area contributed by atoms with E-state index in [1.165, 1.54) is 6.92 Å². The number of rotatable bonds is 4. The van der Waals surface area contributed by atoms with Crippen LogP contribution in [-0.2, 0) is 10.3 Å². The van der Waals surface area contributed by atoms with Crippen molar-refractivity contribution in [2.45, 2.75) is 19.4 Å². The summed E-state index contributed by atoms with van der Waals surface area (Å²) in [5.41, 5.74) is -0.128. The summed E-state index contributed by atoms with van der Waals surface area (Å²) >= 11 is 0. The van der Waals surface area contributed by atoms with Crippen molar-refractivity contribution in [3.63, 3.8) is 0 Å². The van der Waals surface area contributed by atoms with Crippen LogP contribution in [0.25, 0.3) is 0 Å². The third kappa shape index (κ3) is 2.54. The molecule has 0 radical (unpaired) electrons. The predicted octanol–water partition coefficient (Wildman–Crippen LogP) is 1.45. The molecule has 3 N–H and O–H groups in total. The Kier molecular flexibility index (Phi) is 3.56. The summed E-state index contributed by atoms with van der Waals surface area (Å²) in [6.07, 6.45) is 0. The molecule has 0 aliphatic carbocycles. The Labute approximate surface area is 115 Å². The Bertz CT molecular complexity index is 636. The van der Waals surface area contributed by atoms with Gasteiger partial charge in [-0.3, -0.25) is 9.89 Å². The van der Waals surface area contributed by atoms with Gasteiger partial charge < -0.3 is 10.4 Å². The molecule has 20 heavy (non-hydrogen) atoms. The van der Waals surface area contributed by atoms with Crippen LogP contribution in [0.2, 0.25) is 0 Å². The number of amides is 1. The number of aryl methyl sites for hydroxylation is 1. The second-order valence-electron chi connectivity index (χ2n) is 4.69. The van der Waals surface area contributed by atoms with E-state index in [1.807, 2.05) is 0 Å². The predicted molar refractivity (Wildman–Crippen MR) is 72.2 cm³/mol. The molecule has 1 atom stereocenters. The van der Waals surface area contributed by atoms with Crippen molar-refractivity contribution in [3.8, 4) is 0 Å². The van der Waals surface area contributed by atoms with Gasteiger partial charge in [0.15, 0.2) is 5.54 Å². The van der Waals surface area contributed by atoms with Gasteiger partial charge in [0.1, 0.15) is 5.69 Å². The lowest BCUT2D eigenvalue weighted by Gasteiger charge is -2.26. The quantitative estimate of drug-likeness (QED) is 0.785. The van der Waals surface area contributed by atoms with E-state index in [1.54, 1.807) is 43.3 Å². The zero-order chi connectivity index (χ0) is 14.8. The number of carbonyl (C=O) groups excluding carboxylic acids is 1. The first-order valence-corrected chi connectivity index (χ1v) is 6.07. The molecule has 1 aromatic heterocycles. The number of nitrogens with one attached hydrogen (secondary N) is 2. The maximum absolute atomic E-state index is 12.1. The molecule has 0 aliphatic heterocycles. The summed E-state index contributed by atoms with van der Waals surface area (Å²) in [5.74, 6) is -1.67. The zero-order valence-electron chi connectivity index (χ0n) is 11.2. The van der Waals surface area contributed by atoms with Crippen LogP contribution >= 0.6 is 0 Å². The molecule has 0 fully saturated rings. The molecule has 0 saturated heterocycles. The van der Waals surface area contributed by atoms with Gasteiger partial charge in [-0.05, 0) is 25.5 Å². The molecule has 1 heterocycles. The van der Waals surface area contributed by atoms with Crippen molar-refractivity contribution in [1.82, 2.24) is 15.5 Å². The highest BCUT2D eigenvalue weighted by Crippen LogP contribution is 2.21. The van der Waals surface area contributed by atoms with Crippen molar-refractivity contribution in [2.24, 2.45) is 0 Å². The van der Waals surface area contributed by atoms with E-state index in [-0.39, 0.29) is 5.69 Å². The van der Waals surface area contributed by atoms with Gasteiger partial charge in [0.05, 0.1) is 0 Å². The minimum absolute atomic E-state index is 0.158. The lowest BCUT2D eigenvalue weighted by Crippen LogP contribution is -2.49. The summed E-state index contributed by atoms with van der Waals surface area (Å²) in [6.45, 7) is 3.21. The number of hydrogen-bond donors (Lipinski definition) is 3. The van der Waals surface area contributed by atoms with E-state index in [0.29, 0.717) is 5.56 Å². The molecule has 0 saturated carbocycles. The Morgan fingerprint density at radius 1 is 1.30 bits per heavy atom. The molecule has 1 aromatic carbocycles. The van der Waals surface area contributed by atoms with Gasteiger partial charge in [0.25, 0.3) is 5.91 Å². The normalized spacial score (nSPS) is 13.5. The standard InChI is InChI=1S/C14H15N3O3/c1-9-8-11(17-16-9)12(18)15-14(2,13(19)20)10-6-4-3-5-7-10/h3-8H,1-2H3,(H,15,18)(H,16,17)(H,19,20). The molecule has 0 spiro atoms. The number of carboxylic acid groups (broad SMARTS) is 1. The highest BCUT2D eigenvalue weighted by Gasteiger charge is 2.37. The van der Waals surface area contributed by atoms with E-state index in [9.17, 15) is 14.7 Å². The Hall–Kier alpha value is -2.63. The van der Waals surface area contributed by atoms with E-state index >= 15 is 0 Å². The van der Waals surface area contributed by atoms with Crippen LogP contribution in [0.3, 0.4) is 0 Å². The van der Waals surface area contributed by atoms with Crippen molar-refractivity contribution in [2.75, 3.05) is 0 Å². The van der Waals surface area contributed by atoms with Gasteiger partial charge in [0, 0.05) is 5.69 Å². The number of benzene rings is 1. The zero-order valence-corrected chi connectivity index (χ0v) is 11.2. The van der Waals surface area contributed by atoms with Crippen LogP contribution in [0.4, 0.5) is 0 Å².